The second-order valence-electron chi connectivity index (χ2n) is 3.63. The van der Waals surface area contributed by atoms with Gasteiger partial charge in [-0.3, -0.25) is 4.79 Å². The van der Waals surface area contributed by atoms with Crippen LogP contribution in [0.3, 0.4) is 0 Å². The van der Waals surface area contributed by atoms with E-state index in [4.69, 9.17) is 4.74 Å². The van der Waals surface area contributed by atoms with Gasteiger partial charge in [-0.05, 0) is 26.7 Å². The number of carbonyl (C=O) groups is 3. The van der Waals surface area contributed by atoms with Crippen LogP contribution in [0.2, 0.25) is 0 Å². The Labute approximate surface area is 99.9 Å². The van der Waals surface area contributed by atoms with E-state index in [-0.39, 0.29) is 13.2 Å². The largest absolute Gasteiger partial charge is 0.464 e. The van der Waals surface area contributed by atoms with Gasteiger partial charge < -0.3 is 14.4 Å². The molecule has 1 rings (SSSR count). The third-order valence-electron chi connectivity index (χ3n) is 2.52. The van der Waals surface area contributed by atoms with Gasteiger partial charge in [-0.25, -0.2) is 9.59 Å². The van der Waals surface area contributed by atoms with E-state index in [1.54, 1.807) is 13.8 Å². The lowest BCUT2D eigenvalue weighted by Gasteiger charge is -2.21. The lowest BCUT2D eigenvalue weighted by atomic mass is 10.2. The first-order valence-corrected chi connectivity index (χ1v) is 5.76. The second kappa shape index (κ2) is 6.22. The summed E-state index contributed by atoms with van der Waals surface area (Å²) in [6.45, 7) is 4.11. The zero-order valence-electron chi connectivity index (χ0n) is 10.1. The van der Waals surface area contributed by atoms with Crippen LogP contribution in [0.4, 0.5) is 0 Å². The molecular formula is C11H17NO5. The zero-order valence-corrected chi connectivity index (χ0v) is 10.1. The Kier molecular flexibility index (Phi) is 4.93. The molecule has 1 aliphatic rings. The van der Waals surface area contributed by atoms with Crippen LogP contribution in [0.25, 0.3) is 0 Å². The second-order valence-corrected chi connectivity index (χ2v) is 3.63. The first-order valence-electron chi connectivity index (χ1n) is 5.76. The minimum Gasteiger partial charge on any atom is -0.464 e. The molecule has 0 unspecified atom stereocenters. The molecule has 1 aliphatic heterocycles. The van der Waals surface area contributed by atoms with Gasteiger partial charge in [-0.15, -0.1) is 0 Å². The average Bonchev–Trinajstić information content (AvgIpc) is 2.77. The summed E-state index contributed by atoms with van der Waals surface area (Å²) in [5.41, 5.74) is 0. The van der Waals surface area contributed by atoms with Gasteiger partial charge in [0.1, 0.15) is 6.04 Å². The van der Waals surface area contributed by atoms with Crippen LogP contribution in [-0.4, -0.2) is 48.5 Å². The maximum Gasteiger partial charge on any atom is 0.397 e. The van der Waals surface area contributed by atoms with E-state index in [0.29, 0.717) is 19.4 Å². The minimum absolute atomic E-state index is 0.141. The molecule has 1 heterocycles. The summed E-state index contributed by atoms with van der Waals surface area (Å²) in [5.74, 6) is -2.13. The van der Waals surface area contributed by atoms with Gasteiger partial charge in [-0.1, -0.05) is 0 Å². The molecule has 0 N–H and O–H groups in total. The van der Waals surface area contributed by atoms with Crippen molar-refractivity contribution in [2.75, 3.05) is 19.8 Å². The molecule has 0 aliphatic carbocycles. The van der Waals surface area contributed by atoms with E-state index in [2.05, 4.69) is 4.74 Å². The molecule has 6 heteroatoms. The molecule has 0 aromatic heterocycles. The van der Waals surface area contributed by atoms with Crippen molar-refractivity contribution in [3.8, 4) is 0 Å². The van der Waals surface area contributed by atoms with E-state index >= 15 is 0 Å². The maximum atomic E-state index is 11.7. The summed E-state index contributed by atoms with van der Waals surface area (Å²) in [5, 5.41) is 0. The lowest BCUT2D eigenvalue weighted by Crippen LogP contribution is -2.45. The van der Waals surface area contributed by atoms with Crippen LogP contribution in [0, 0.1) is 0 Å². The fourth-order valence-electron chi connectivity index (χ4n) is 1.80. The summed E-state index contributed by atoms with van der Waals surface area (Å²) in [6.07, 6.45) is 1.22. The Morgan fingerprint density at radius 3 is 2.41 bits per heavy atom. The molecule has 96 valence electrons. The predicted molar refractivity (Wildman–Crippen MR) is 58.0 cm³/mol. The monoisotopic (exact) mass is 243 g/mol. The molecule has 0 bridgehead atoms. The first-order chi connectivity index (χ1) is 8.11. The fourth-order valence-corrected chi connectivity index (χ4v) is 1.80. The van der Waals surface area contributed by atoms with Crippen LogP contribution in [0.5, 0.6) is 0 Å². The van der Waals surface area contributed by atoms with E-state index < -0.39 is 23.9 Å². The molecule has 1 fully saturated rings. The van der Waals surface area contributed by atoms with Crippen LogP contribution in [0.1, 0.15) is 26.7 Å². The average molecular weight is 243 g/mol. The van der Waals surface area contributed by atoms with Crippen LogP contribution >= 0.6 is 0 Å². The third-order valence-corrected chi connectivity index (χ3v) is 2.52. The van der Waals surface area contributed by atoms with E-state index in [1.165, 1.54) is 4.90 Å². The number of esters is 2. The van der Waals surface area contributed by atoms with Gasteiger partial charge in [0, 0.05) is 6.54 Å². The number of hydrogen-bond acceptors (Lipinski definition) is 5. The van der Waals surface area contributed by atoms with E-state index in [0.717, 1.165) is 0 Å². The Bertz CT molecular complexity index is 315. The molecule has 0 saturated carbocycles. The number of amides is 1. The van der Waals surface area contributed by atoms with Crippen molar-refractivity contribution < 1.29 is 23.9 Å². The van der Waals surface area contributed by atoms with Crippen molar-refractivity contribution in [3.05, 3.63) is 0 Å². The summed E-state index contributed by atoms with van der Waals surface area (Å²) in [6, 6.07) is -0.646. The highest BCUT2D eigenvalue weighted by molar-refractivity contribution is 6.32. The van der Waals surface area contributed by atoms with Crippen molar-refractivity contribution in [3.63, 3.8) is 0 Å². The zero-order chi connectivity index (χ0) is 12.8. The van der Waals surface area contributed by atoms with Gasteiger partial charge in [0.2, 0.25) is 0 Å². The lowest BCUT2D eigenvalue weighted by molar-refractivity contribution is -0.163. The minimum atomic E-state index is -0.913. The predicted octanol–water partition coefficient (Wildman–Crippen LogP) is 0.104. The number of rotatable bonds is 3. The molecule has 1 saturated heterocycles. The number of carbonyl (C=O) groups excluding carboxylic acids is 3. The fraction of sp³-hybridized carbons (Fsp3) is 0.727. The number of hydrogen-bond donors (Lipinski definition) is 0. The van der Waals surface area contributed by atoms with Gasteiger partial charge in [0.25, 0.3) is 0 Å². The van der Waals surface area contributed by atoms with Crippen molar-refractivity contribution in [2.45, 2.75) is 32.7 Å². The quantitative estimate of drug-likeness (QED) is 0.519. The molecule has 1 amide bonds. The molecule has 6 nitrogen and oxygen atoms in total. The summed E-state index contributed by atoms with van der Waals surface area (Å²) in [4.78, 5) is 35.8. The molecule has 0 aromatic rings. The van der Waals surface area contributed by atoms with Crippen molar-refractivity contribution in [1.29, 1.82) is 0 Å². The molecule has 0 radical (unpaired) electrons. The highest BCUT2D eigenvalue weighted by Crippen LogP contribution is 2.18. The Balaban J connectivity index is 2.65. The maximum absolute atomic E-state index is 11.7. The van der Waals surface area contributed by atoms with E-state index in [9.17, 15) is 14.4 Å². The third kappa shape index (κ3) is 3.18. The highest BCUT2D eigenvalue weighted by Gasteiger charge is 2.38. The smallest absolute Gasteiger partial charge is 0.397 e. The molecule has 0 spiro atoms. The Morgan fingerprint density at radius 1 is 1.18 bits per heavy atom. The summed E-state index contributed by atoms with van der Waals surface area (Å²) >= 11 is 0. The Hall–Kier alpha value is -1.59. The molecule has 17 heavy (non-hydrogen) atoms. The van der Waals surface area contributed by atoms with Gasteiger partial charge in [0.05, 0.1) is 13.2 Å². The van der Waals surface area contributed by atoms with Crippen molar-refractivity contribution >= 4 is 17.8 Å². The number of ether oxygens (including phenoxy) is 2. The van der Waals surface area contributed by atoms with Crippen molar-refractivity contribution in [2.24, 2.45) is 0 Å². The van der Waals surface area contributed by atoms with E-state index in [1.807, 2.05) is 0 Å². The number of nitrogens with zero attached hydrogens (tertiary/aromatic N) is 1. The van der Waals surface area contributed by atoms with Gasteiger partial charge >= 0.3 is 17.8 Å². The normalized spacial score (nSPS) is 18.9. The van der Waals surface area contributed by atoms with Crippen LogP contribution in [-0.2, 0) is 23.9 Å². The highest BCUT2D eigenvalue weighted by atomic mass is 16.5. The number of likely N-dealkylation sites (tertiary alicyclic amines) is 1. The van der Waals surface area contributed by atoms with Gasteiger partial charge in [0.15, 0.2) is 0 Å². The van der Waals surface area contributed by atoms with Crippen LogP contribution in [0.15, 0.2) is 0 Å². The van der Waals surface area contributed by atoms with Crippen molar-refractivity contribution in [1.82, 2.24) is 4.90 Å². The molecule has 0 aromatic carbocycles. The Morgan fingerprint density at radius 2 is 1.82 bits per heavy atom. The SMILES string of the molecule is CCOC(=O)C(=O)N1CCC[C@@H]1C(=O)OCC. The molecule has 1 atom stereocenters. The van der Waals surface area contributed by atoms with Crippen LogP contribution < -0.4 is 0 Å². The van der Waals surface area contributed by atoms with Gasteiger partial charge in [-0.2, -0.15) is 0 Å². The molecular weight excluding hydrogens is 226 g/mol. The summed E-state index contributed by atoms with van der Waals surface area (Å²) < 4.78 is 9.48. The standard InChI is InChI=1S/C11H17NO5/c1-3-16-10(14)8-6-5-7-12(8)9(13)11(15)17-4-2/h8H,3-7H2,1-2H3/t8-/m1/s1. The summed E-state index contributed by atoms with van der Waals surface area (Å²) in [7, 11) is 0. The first kappa shape index (κ1) is 13.5. The topological polar surface area (TPSA) is 72.9 Å².